The number of azo groups is 1. The highest BCUT2D eigenvalue weighted by Crippen LogP contribution is 2.32. The predicted molar refractivity (Wildman–Crippen MR) is 85.4 cm³/mol. The maximum Gasteiger partial charge on any atom is 0.458 e. The standard InChI is InChI=1S/C15H13N5O3/c1-2-16-12-7-8-13(11-6-4-3-5-10(11)12)18-19-15-17-14(9-23-15)20(21)22/h3-9,16H,2H2,1H3. The van der Waals surface area contributed by atoms with Crippen LogP contribution in [0.15, 0.2) is 57.3 Å². The quantitative estimate of drug-likeness (QED) is 0.421. The minimum absolute atomic E-state index is 0.156. The van der Waals surface area contributed by atoms with Gasteiger partial charge in [-0.05, 0) is 24.0 Å². The van der Waals surface area contributed by atoms with Crippen molar-refractivity contribution in [3.8, 4) is 0 Å². The van der Waals surface area contributed by atoms with Gasteiger partial charge in [0.2, 0.25) is 0 Å². The van der Waals surface area contributed by atoms with Crippen LogP contribution in [0.3, 0.4) is 0 Å². The fourth-order valence-corrected chi connectivity index (χ4v) is 2.20. The molecule has 1 aromatic heterocycles. The Hall–Kier alpha value is -3.29. The van der Waals surface area contributed by atoms with Crippen molar-refractivity contribution in [2.75, 3.05) is 11.9 Å². The minimum Gasteiger partial charge on any atom is -0.403 e. The topological polar surface area (TPSA) is 106 Å². The average molecular weight is 311 g/mol. The van der Waals surface area contributed by atoms with Crippen molar-refractivity contribution in [2.45, 2.75) is 6.92 Å². The summed E-state index contributed by atoms with van der Waals surface area (Å²) in [7, 11) is 0. The molecule has 0 saturated carbocycles. The van der Waals surface area contributed by atoms with Crippen LogP contribution in [0.1, 0.15) is 6.92 Å². The smallest absolute Gasteiger partial charge is 0.403 e. The SMILES string of the molecule is CCNc1ccc(N=Nc2nc([N+](=O)[O-])co2)c2ccccc12. The minimum atomic E-state index is -0.650. The maximum absolute atomic E-state index is 10.6. The number of aromatic nitrogens is 1. The van der Waals surface area contributed by atoms with Gasteiger partial charge in [-0.1, -0.05) is 29.4 Å². The zero-order valence-electron chi connectivity index (χ0n) is 12.3. The summed E-state index contributed by atoms with van der Waals surface area (Å²) in [5.41, 5.74) is 1.64. The summed E-state index contributed by atoms with van der Waals surface area (Å²) in [6.07, 6.45) is 0.931. The van der Waals surface area contributed by atoms with E-state index >= 15 is 0 Å². The van der Waals surface area contributed by atoms with Crippen molar-refractivity contribution >= 4 is 34.0 Å². The molecule has 0 atom stereocenters. The van der Waals surface area contributed by atoms with Gasteiger partial charge in [0, 0.05) is 28.0 Å². The number of rotatable bonds is 5. The molecule has 2 aromatic carbocycles. The van der Waals surface area contributed by atoms with Gasteiger partial charge in [-0.15, -0.1) is 5.11 Å². The Morgan fingerprint density at radius 2 is 2.00 bits per heavy atom. The van der Waals surface area contributed by atoms with Gasteiger partial charge in [-0.3, -0.25) is 0 Å². The largest absolute Gasteiger partial charge is 0.458 e. The molecule has 116 valence electrons. The van der Waals surface area contributed by atoms with Gasteiger partial charge >= 0.3 is 11.8 Å². The molecule has 8 heteroatoms. The van der Waals surface area contributed by atoms with E-state index in [1.807, 2.05) is 43.3 Å². The van der Waals surface area contributed by atoms with Crippen LogP contribution in [0.25, 0.3) is 10.8 Å². The Labute approximate surface area is 131 Å². The monoisotopic (exact) mass is 311 g/mol. The van der Waals surface area contributed by atoms with Gasteiger partial charge in [-0.2, -0.15) is 0 Å². The molecular weight excluding hydrogens is 298 g/mol. The van der Waals surface area contributed by atoms with E-state index in [9.17, 15) is 10.1 Å². The second-order valence-corrected chi connectivity index (χ2v) is 4.65. The molecule has 0 aliphatic heterocycles. The van der Waals surface area contributed by atoms with Gasteiger partial charge in [0.1, 0.15) is 0 Å². The van der Waals surface area contributed by atoms with Crippen LogP contribution < -0.4 is 5.32 Å². The highest BCUT2D eigenvalue weighted by molar-refractivity contribution is 6.00. The number of benzene rings is 2. The van der Waals surface area contributed by atoms with Gasteiger partial charge in [-0.25, -0.2) is 0 Å². The third kappa shape index (κ3) is 3.00. The van der Waals surface area contributed by atoms with E-state index in [0.717, 1.165) is 29.3 Å². The van der Waals surface area contributed by atoms with Crippen molar-refractivity contribution in [3.63, 3.8) is 0 Å². The van der Waals surface area contributed by atoms with E-state index in [2.05, 4.69) is 20.5 Å². The molecule has 0 aliphatic rings. The predicted octanol–water partition coefficient (Wildman–Crippen LogP) is 4.58. The number of hydrogen-bond donors (Lipinski definition) is 1. The number of nitrogens with one attached hydrogen (secondary N) is 1. The van der Waals surface area contributed by atoms with Crippen LogP contribution in [0.5, 0.6) is 0 Å². The summed E-state index contributed by atoms with van der Waals surface area (Å²) in [6.45, 7) is 2.84. The summed E-state index contributed by atoms with van der Waals surface area (Å²) in [5.74, 6) is -0.397. The van der Waals surface area contributed by atoms with E-state index in [0.29, 0.717) is 5.69 Å². The van der Waals surface area contributed by atoms with Crippen LogP contribution in [0.4, 0.5) is 23.2 Å². The van der Waals surface area contributed by atoms with Gasteiger partial charge in [0.25, 0.3) is 0 Å². The number of hydrogen-bond acceptors (Lipinski definition) is 7. The number of fused-ring (bicyclic) bond motifs is 1. The summed E-state index contributed by atoms with van der Waals surface area (Å²) < 4.78 is 4.90. The van der Waals surface area contributed by atoms with Crippen molar-refractivity contribution in [1.29, 1.82) is 0 Å². The Balaban J connectivity index is 1.98. The lowest BCUT2D eigenvalue weighted by molar-refractivity contribution is -0.389. The third-order valence-electron chi connectivity index (χ3n) is 3.18. The average Bonchev–Trinajstić information content (AvgIpc) is 3.04. The molecule has 0 spiro atoms. The summed E-state index contributed by atoms with van der Waals surface area (Å²) in [5, 5.41) is 23.7. The molecule has 3 aromatic rings. The number of nitrogens with zero attached hydrogens (tertiary/aromatic N) is 4. The normalized spacial score (nSPS) is 11.2. The molecule has 1 N–H and O–H groups in total. The zero-order chi connectivity index (χ0) is 16.2. The highest BCUT2D eigenvalue weighted by atomic mass is 16.6. The molecule has 0 fully saturated rings. The molecule has 23 heavy (non-hydrogen) atoms. The lowest BCUT2D eigenvalue weighted by atomic mass is 10.1. The number of oxazole rings is 1. The Kier molecular flexibility index (Phi) is 3.96. The molecule has 3 rings (SSSR count). The van der Waals surface area contributed by atoms with Crippen molar-refractivity contribution < 1.29 is 9.34 Å². The first-order chi connectivity index (χ1) is 11.2. The van der Waals surface area contributed by atoms with E-state index < -0.39 is 10.7 Å². The van der Waals surface area contributed by atoms with Crippen LogP contribution in [-0.2, 0) is 0 Å². The van der Waals surface area contributed by atoms with E-state index in [4.69, 9.17) is 4.42 Å². The molecule has 0 saturated heterocycles. The van der Waals surface area contributed by atoms with Crippen LogP contribution in [0, 0.1) is 10.1 Å². The van der Waals surface area contributed by atoms with E-state index in [1.165, 1.54) is 0 Å². The first kappa shape index (κ1) is 14.6. The van der Waals surface area contributed by atoms with Crippen LogP contribution in [-0.4, -0.2) is 16.5 Å². The zero-order valence-corrected chi connectivity index (χ0v) is 12.3. The van der Waals surface area contributed by atoms with Crippen molar-refractivity contribution in [2.24, 2.45) is 10.2 Å². The molecule has 1 heterocycles. The van der Waals surface area contributed by atoms with E-state index in [-0.39, 0.29) is 6.01 Å². The molecule has 0 bridgehead atoms. The molecular formula is C15H13N5O3. The van der Waals surface area contributed by atoms with Crippen molar-refractivity contribution in [3.05, 3.63) is 52.8 Å². The van der Waals surface area contributed by atoms with E-state index in [1.54, 1.807) is 0 Å². The Bertz CT molecular complexity index is 888. The Morgan fingerprint density at radius 1 is 1.22 bits per heavy atom. The van der Waals surface area contributed by atoms with Crippen LogP contribution >= 0.6 is 0 Å². The van der Waals surface area contributed by atoms with Crippen LogP contribution in [0.2, 0.25) is 0 Å². The van der Waals surface area contributed by atoms with Gasteiger partial charge in [0.05, 0.1) is 5.69 Å². The summed E-state index contributed by atoms with van der Waals surface area (Å²) >= 11 is 0. The lowest BCUT2D eigenvalue weighted by Gasteiger charge is -2.09. The van der Waals surface area contributed by atoms with Gasteiger partial charge < -0.3 is 19.8 Å². The van der Waals surface area contributed by atoms with Gasteiger partial charge in [0.15, 0.2) is 6.26 Å². The lowest BCUT2D eigenvalue weighted by Crippen LogP contribution is -1.96. The first-order valence-electron chi connectivity index (χ1n) is 6.96. The second kappa shape index (κ2) is 6.22. The number of anilines is 1. The fourth-order valence-electron chi connectivity index (χ4n) is 2.20. The molecule has 0 amide bonds. The molecule has 0 radical (unpaired) electrons. The van der Waals surface area contributed by atoms with Crippen molar-refractivity contribution in [1.82, 2.24) is 4.98 Å². The Morgan fingerprint density at radius 3 is 2.70 bits per heavy atom. The molecule has 0 unspecified atom stereocenters. The highest BCUT2D eigenvalue weighted by Gasteiger charge is 2.15. The number of nitro groups is 1. The summed E-state index contributed by atoms with van der Waals surface area (Å²) in [6, 6.07) is 11.4. The molecule has 8 nitrogen and oxygen atoms in total. The molecule has 0 aliphatic carbocycles. The summed E-state index contributed by atoms with van der Waals surface area (Å²) in [4.78, 5) is 13.5. The third-order valence-corrected chi connectivity index (χ3v) is 3.18. The second-order valence-electron chi connectivity index (χ2n) is 4.65. The maximum atomic E-state index is 10.6. The first-order valence-corrected chi connectivity index (χ1v) is 6.96. The fraction of sp³-hybridized carbons (Fsp3) is 0.133.